The lowest BCUT2D eigenvalue weighted by Crippen LogP contribution is -1.96. The third kappa shape index (κ3) is 4.48. The third-order valence-electron chi connectivity index (χ3n) is 12.0. The molecule has 0 bridgehead atoms. The van der Waals surface area contributed by atoms with Gasteiger partial charge in [0.2, 0.25) is 0 Å². The Balaban J connectivity index is 1.14. The Morgan fingerprint density at radius 2 is 1.16 bits per heavy atom. The molecule has 0 fully saturated rings. The fourth-order valence-electron chi connectivity index (χ4n) is 9.49. The van der Waals surface area contributed by atoms with Gasteiger partial charge in [-0.3, -0.25) is 0 Å². The molecule has 0 aliphatic carbocycles. The summed E-state index contributed by atoms with van der Waals surface area (Å²) in [6, 6.07) is 62.0. The summed E-state index contributed by atoms with van der Waals surface area (Å²) in [5.74, 6) is 0.733. The Hall–Kier alpha value is -6.92. The van der Waals surface area contributed by atoms with Gasteiger partial charge in [-0.1, -0.05) is 133 Å². The monoisotopic (exact) mass is 773 g/mol. The van der Waals surface area contributed by atoms with Crippen molar-refractivity contribution in [1.82, 2.24) is 14.5 Å². The van der Waals surface area contributed by atoms with E-state index >= 15 is 0 Å². The van der Waals surface area contributed by atoms with Crippen LogP contribution in [-0.4, -0.2) is 14.5 Å². The topological polar surface area (TPSA) is 30.7 Å². The summed E-state index contributed by atoms with van der Waals surface area (Å²) in [6.07, 6.45) is 0. The van der Waals surface area contributed by atoms with E-state index in [0.29, 0.717) is 0 Å². The maximum atomic E-state index is 5.32. The van der Waals surface area contributed by atoms with Crippen LogP contribution in [-0.2, 0) is 0 Å². The van der Waals surface area contributed by atoms with Crippen LogP contribution in [0.3, 0.4) is 0 Å². The number of fused-ring (bicyclic) bond motifs is 17. The molecular formula is C53H31N3S2. The van der Waals surface area contributed by atoms with Gasteiger partial charge in [0.15, 0.2) is 5.82 Å². The maximum absolute atomic E-state index is 5.32. The van der Waals surface area contributed by atoms with Crippen LogP contribution in [0.4, 0.5) is 0 Å². The lowest BCUT2D eigenvalue weighted by Gasteiger charge is -2.12. The van der Waals surface area contributed by atoms with Crippen molar-refractivity contribution in [2.24, 2.45) is 0 Å². The molecule has 0 spiro atoms. The van der Waals surface area contributed by atoms with Gasteiger partial charge in [0.1, 0.15) is 4.83 Å². The number of benzene rings is 9. The standard InChI is InChI=1S/C53H31N3S2/c1-30-19-20-32-23-27-41-44(40(32)29-30)46-37-15-7-8-16-38(37)51-48(45-36-14-6-5-11-31(36)24-28-43(45)57-51)50(46)56(41)35-25-21-34(22-26-35)52-54-49(33-12-3-2-4-13-33)47-39-17-9-10-18-42(39)58-53(47)55-52/h2-29H,1H3. The van der Waals surface area contributed by atoms with Gasteiger partial charge in [-0.05, 0) is 76.3 Å². The Labute approximate surface area is 340 Å². The summed E-state index contributed by atoms with van der Waals surface area (Å²) < 4.78 is 6.39. The first-order valence-corrected chi connectivity index (χ1v) is 21.3. The van der Waals surface area contributed by atoms with Gasteiger partial charge in [-0.2, -0.15) is 0 Å². The second-order valence-corrected chi connectivity index (χ2v) is 17.4. The van der Waals surface area contributed by atoms with Gasteiger partial charge in [0, 0.05) is 68.6 Å². The van der Waals surface area contributed by atoms with Crippen molar-refractivity contribution in [3.63, 3.8) is 0 Å². The van der Waals surface area contributed by atoms with E-state index in [9.17, 15) is 0 Å². The van der Waals surface area contributed by atoms with E-state index in [1.807, 2.05) is 11.3 Å². The summed E-state index contributed by atoms with van der Waals surface area (Å²) >= 11 is 3.65. The summed E-state index contributed by atoms with van der Waals surface area (Å²) in [6.45, 7) is 2.20. The Kier molecular flexibility index (Phi) is 6.69. The van der Waals surface area contributed by atoms with Gasteiger partial charge in [0.25, 0.3) is 0 Å². The van der Waals surface area contributed by atoms with Crippen molar-refractivity contribution in [2.45, 2.75) is 6.92 Å². The van der Waals surface area contributed by atoms with Crippen LogP contribution in [0.15, 0.2) is 170 Å². The van der Waals surface area contributed by atoms with Crippen LogP contribution in [0.25, 0.3) is 123 Å². The van der Waals surface area contributed by atoms with E-state index in [4.69, 9.17) is 9.97 Å². The van der Waals surface area contributed by atoms with Crippen LogP contribution >= 0.6 is 22.7 Å². The minimum Gasteiger partial charge on any atom is -0.309 e. The molecule has 0 atom stereocenters. The van der Waals surface area contributed by atoms with E-state index in [0.717, 1.165) is 38.5 Å². The van der Waals surface area contributed by atoms with Crippen molar-refractivity contribution in [3.8, 4) is 28.3 Å². The molecule has 270 valence electrons. The number of nitrogens with zero attached hydrogens (tertiary/aromatic N) is 3. The summed E-state index contributed by atoms with van der Waals surface area (Å²) in [5, 5.41) is 15.2. The number of rotatable bonds is 3. The van der Waals surface area contributed by atoms with Crippen LogP contribution < -0.4 is 0 Å². The predicted molar refractivity (Wildman–Crippen MR) is 250 cm³/mol. The highest BCUT2D eigenvalue weighted by molar-refractivity contribution is 7.27. The van der Waals surface area contributed by atoms with Crippen LogP contribution in [0.1, 0.15) is 5.56 Å². The van der Waals surface area contributed by atoms with E-state index in [-0.39, 0.29) is 0 Å². The van der Waals surface area contributed by atoms with Gasteiger partial charge in [-0.25, -0.2) is 9.97 Å². The molecule has 0 unspecified atom stereocenters. The first-order valence-electron chi connectivity index (χ1n) is 19.7. The zero-order valence-corrected chi connectivity index (χ0v) is 33.0. The highest BCUT2D eigenvalue weighted by Crippen LogP contribution is 2.51. The number of aromatic nitrogens is 3. The van der Waals surface area contributed by atoms with E-state index in [1.165, 1.54) is 89.9 Å². The molecule has 58 heavy (non-hydrogen) atoms. The number of hydrogen-bond donors (Lipinski definition) is 0. The molecule has 4 heterocycles. The summed E-state index contributed by atoms with van der Waals surface area (Å²) in [5.41, 5.74) is 7.87. The highest BCUT2D eigenvalue weighted by Gasteiger charge is 2.24. The highest BCUT2D eigenvalue weighted by atomic mass is 32.1. The second kappa shape index (κ2) is 12.0. The SMILES string of the molecule is Cc1ccc2ccc3c(c2c1)c1c2ccccc2c2sc4ccc5ccccc5c4c2c1n3-c1ccc(-c2nc(-c3ccccc3)c3c(n2)sc2ccccc23)cc1. The number of thiophene rings is 2. The Morgan fingerprint density at radius 1 is 0.448 bits per heavy atom. The third-order valence-corrected chi connectivity index (χ3v) is 14.3. The van der Waals surface area contributed by atoms with Crippen LogP contribution in [0.2, 0.25) is 0 Å². The molecule has 0 aliphatic rings. The maximum Gasteiger partial charge on any atom is 0.161 e. The first kappa shape index (κ1) is 32.2. The molecule has 4 aromatic heterocycles. The lowest BCUT2D eigenvalue weighted by molar-refractivity contribution is 1.18. The van der Waals surface area contributed by atoms with Crippen molar-refractivity contribution >= 4 is 117 Å². The second-order valence-electron chi connectivity index (χ2n) is 15.3. The molecular weight excluding hydrogens is 743 g/mol. The largest absolute Gasteiger partial charge is 0.309 e. The Morgan fingerprint density at radius 3 is 2.02 bits per heavy atom. The molecule has 0 saturated heterocycles. The zero-order chi connectivity index (χ0) is 38.1. The predicted octanol–water partition coefficient (Wildman–Crippen LogP) is 15.4. The molecule has 3 nitrogen and oxygen atoms in total. The van der Waals surface area contributed by atoms with Crippen LogP contribution in [0, 0.1) is 6.92 Å². The average Bonchev–Trinajstić information content (AvgIpc) is 3.97. The van der Waals surface area contributed by atoms with Gasteiger partial charge < -0.3 is 4.57 Å². The minimum atomic E-state index is 0.733. The number of aryl methyl sites for hydroxylation is 1. The van der Waals surface area contributed by atoms with Gasteiger partial charge in [-0.15, -0.1) is 22.7 Å². The van der Waals surface area contributed by atoms with Crippen molar-refractivity contribution in [1.29, 1.82) is 0 Å². The summed E-state index contributed by atoms with van der Waals surface area (Å²) in [4.78, 5) is 11.6. The van der Waals surface area contributed by atoms with E-state index in [2.05, 4.69) is 181 Å². The van der Waals surface area contributed by atoms with Crippen molar-refractivity contribution < 1.29 is 0 Å². The molecule has 13 aromatic rings. The molecule has 0 radical (unpaired) electrons. The molecule has 9 aromatic carbocycles. The molecule has 0 amide bonds. The first-order chi connectivity index (χ1) is 28.7. The van der Waals surface area contributed by atoms with E-state index < -0.39 is 0 Å². The normalized spacial score (nSPS) is 12.2. The van der Waals surface area contributed by atoms with Gasteiger partial charge >= 0.3 is 0 Å². The van der Waals surface area contributed by atoms with Gasteiger partial charge in [0.05, 0.1) is 16.7 Å². The lowest BCUT2D eigenvalue weighted by atomic mass is 9.95. The molecule has 5 heteroatoms. The van der Waals surface area contributed by atoms with Crippen LogP contribution in [0.5, 0.6) is 0 Å². The van der Waals surface area contributed by atoms with Crippen molar-refractivity contribution in [3.05, 3.63) is 175 Å². The smallest absolute Gasteiger partial charge is 0.161 e. The van der Waals surface area contributed by atoms with E-state index in [1.54, 1.807) is 11.3 Å². The quantitative estimate of drug-likeness (QED) is 0.179. The Bertz CT molecular complexity index is 3850. The zero-order valence-electron chi connectivity index (χ0n) is 31.3. The molecule has 0 N–H and O–H groups in total. The average molecular weight is 774 g/mol. The minimum absolute atomic E-state index is 0.733. The fraction of sp³-hybridized carbons (Fsp3) is 0.0189. The summed E-state index contributed by atoms with van der Waals surface area (Å²) in [7, 11) is 0. The van der Waals surface area contributed by atoms with Crippen molar-refractivity contribution in [2.75, 3.05) is 0 Å². The molecule has 0 aliphatic heterocycles. The number of hydrogen-bond acceptors (Lipinski definition) is 4. The molecule has 13 rings (SSSR count). The fourth-order valence-corrected chi connectivity index (χ4v) is 11.8. The molecule has 0 saturated carbocycles.